The highest BCUT2D eigenvalue weighted by atomic mass is 16.6. The van der Waals surface area contributed by atoms with Gasteiger partial charge in [0.2, 0.25) is 0 Å². The molecule has 1 heterocycles. The van der Waals surface area contributed by atoms with Gasteiger partial charge in [-0.15, -0.1) is 0 Å². The molecule has 0 atom stereocenters. The number of ether oxygens (including phenoxy) is 1. The van der Waals surface area contributed by atoms with Crippen LogP contribution in [0.15, 0.2) is 12.1 Å². The minimum Gasteiger partial charge on any atom is -0.472 e. The highest BCUT2D eigenvalue weighted by molar-refractivity contribution is 5.49. The fourth-order valence-corrected chi connectivity index (χ4v) is 2.51. The first-order valence-electron chi connectivity index (χ1n) is 7.22. The number of nitro groups is 1. The van der Waals surface area contributed by atoms with Crippen LogP contribution in [-0.2, 0) is 0 Å². The average molecular weight is 279 g/mol. The van der Waals surface area contributed by atoms with E-state index < -0.39 is 4.92 Å². The molecule has 0 saturated heterocycles. The van der Waals surface area contributed by atoms with Crippen LogP contribution in [0, 0.1) is 16.0 Å². The van der Waals surface area contributed by atoms with Crippen molar-refractivity contribution in [2.45, 2.75) is 39.0 Å². The van der Waals surface area contributed by atoms with Crippen molar-refractivity contribution >= 4 is 11.5 Å². The lowest BCUT2D eigenvalue weighted by atomic mass is 9.90. The summed E-state index contributed by atoms with van der Waals surface area (Å²) in [4.78, 5) is 14.8. The van der Waals surface area contributed by atoms with Crippen LogP contribution in [0.1, 0.15) is 39.0 Å². The average Bonchev–Trinajstić information content (AvgIpc) is 2.46. The first-order valence-corrected chi connectivity index (χ1v) is 7.22. The third kappa shape index (κ3) is 3.82. The topological polar surface area (TPSA) is 77.3 Å². The van der Waals surface area contributed by atoms with E-state index in [0.717, 1.165) is 12.8 Å². The van der Waals surface area contributed by atoms with Crippen molar-refractivity contribution in [1.82, 2.24) is 4.98 Å². The van der Waals surface area contributed by atoms with Gasteiger partial charge in [-0.1, -0.05) is 19.3 Å². The zero-order chi connectivity index (χ0) is 14.4. The summed E-state index contributed by atoms with van der Waals surface area (Å²) < 4.78 is 5.63. The van der Waals surface area contributed by atoms with E-state index in [1.807, 2.05) is 6.92 Å². The molecule has 2 rings (SSSR count). The Morgan fingerprint density at radius 3 is 2.80 bits per heavy atom. The predicted octanol–water partition coefficient (Wildman–Crippen LogP) is 3.38. The van der Waals surface area contributed by atoms with E-state index in [1.54, 1.807) is 6.07 Å². The van der Waals surface area contributed by atoms with E-state index in [4.69, 9.17) is 4.74 Å². The monoisotopic (exact) mass is 279 g/mol. The van der Waals surface area contributed by atoms with E-state index in [-0.39, 0.29) is 11.6 Å². The van der Waals surface area contributed by atoms with Gasteiger partial charge in [-0.2, -0.15) is 4.98 Å². The summed E-state index contributed by atoms with van der Waals surface area (Å²) in [5, 5.41) is 14.0. The Bertz CT molecular complexity index is 459. The maximum absolute atomic E-state index is 11.0. The van der Waals surface area contributed by atoms with Gasteiger partial charge in [0.1, 0.15) is 5.82 Å². The molecule has 20 heavy (non-hydrogen) atoms. The van der Waals surface area contributed by atoms with Crippen LogP contribution in [0.4, 0.5) is 11.5 Å². The van der Waals surface area contributed by atoms with E-state index in [1.165, 1.54) is 25.3 Å². The fourth-order valence-electron chi connectivity index (χ4n) is 2.51. The summed E-state index contributed by atoms with van der Waals surface area (Å²) in [5.74, 6) is 1.23. The molecular formula is C14H21N3O3. The van der Waals surface area contributed by atoms with Gasteiger partial charge in [0.15, 0.2) is 0 Å². The van der Waals surface area contributed by atoms with Crippen LogP contribution in [0.25, 0.3) is 0 Å². The quantitative estimate of drug-likeness (QED) is 0.638. The zero-order valence-corrected chi connectivity index (χ0v) is 11.8. The van der Waals surface area contributed by atoms with Crippen LogP contribution < -0.4 is 10.1 Å². The molecule has 1 aliphatic rings. The summed E-state index contributed by atoms with van der Waals surface area (Å²) in [6.07, 6.45) is 6.01. The van der Waals surface area contributed by atoms with E-state index in [2.05, 4.69) is 10.3 Å². The Labute approximate surface area is 118 Å². The molecule has 1 saturated carbocycles. The van der Waals surface area contributed by atoms with Gasteiger partial charge in [-0.05, 0) is 31.7 Å². The Kier molecular flexibility index (Phi) is 5.15. The number of hydrogen-bond donors (Lipinski definition) is 1. The van der Waals surface area contributed by atoms with Crippen LogP contribution in [0.5, 0.6) is 5.88 Å². The molecule has 1 fully saturated rings. The minimum absolute atomic E-state index is 0.0672. The fraction of sp³-hybridized carbons (Fsp3) is 0.643. The lowest BCUT2D eigenvalue weighted by Gasteiger charge is -2.21. The molecule has 0 radical (unpaired) electrons. The molecule has 6 nitrogen and oxygen atoms in total. The molecule has 110 valence electrons. The molecule has 0 aliphatic heterocycles. The number of pyridine rings is 1. The highest BCUT2D eigenvalue weighted by Gasteiger charge is 2.20. The second-order valence-corrected chi connectivity index (χ2v) is 5.12. The van der Waals surface area contributed by atoms with Crippen LogP contribution in [0.3, 0.4) is 0 Å². The third-order valence-corrected chi connectivity index (χ3v) is 3.58. The van der Waals surface area contributed by atoms with Crippen LogP contribution >= 0.6 is 0 Å². The van der Waals surface area contributed by atoms with Crippen molar-refractivity contribution in [2.75, 3.05) is 18.5 Å². The van der Waals surface area contributed by atoms with Crippen molar-refractivity contribution in [3.05, 3.63) is 22.2 Å². The van der Waals surface area contributed by atoms with Crippen LogP contribution in [0.2, 0.25) is 0 Å². The van der Waals surface area contributed by atoms with Crippen molar-refractivity contribution in [2.24, 2.45) is 5.92 Å². The smallest absolute Gasteiger partial charge is 0.331 e. The van der Waals surface area contributed by atoms with Crippen LogP contribution in [-0.4, -0.2) is 23.1 Å². The second-order valence-electron chi connectivity index (χ2n) is 5.12. The molecule has 1 aromatic heterocycles. The predicted molar refractivity (Wildman–Crippen MR) is 77.1 cm³/mol. The van der Waals surface area contributed by atoms with Crippen molar-refractivity contribution in [3.63, 3.8) is 0 Å². The largest absolute Gasteiger partial charge is 0.472 e. The highest BCUT2D eigenvalue weighted by Crippen LogP contribution is 2.29. The number of rotatable bonds is 6. The molecule has 6 heteroatoms. The van der Waals surface area contributed by atoms with Crippen molar-refractivity contribution < 1.29 is 9.66 Å². The molecule has 1 aromatic rings. The molecule has 1 N–H and O–H groups in total. The van der Waals surface area contributed by atoms with Crippen molar-refractivity contribution in [3.8, 4) is 5.88 Å². The standard InChI is InChI=1S/C14H21N3O3/c1-2-15-13-9-8-12(17(18)19)14(16-13)20-10-11-6-4-3-5-7-11/h8-9,11H,2-7,10H2,1H3,(H,15,16). The normalized spacial score (nSPS) is 15.8. The molecular weight excluding hydrogens is 258 g/mol. The van der Waals surface area contributed by atoms with Gasteiger partial charge < -0.3 is 10.1 Å². The Morgan fingerprint density at radius 2 is 2.15 bits per heavy atom. The summed E-state index contributed by atoms with van der Waals surface area (Å²) in [6, 6.07) is 3.05. The molecule has 0 spiro atoms. The molecule has 0 aromatic carbocycles. The summed E-state index contributed by atoms with van der Waals surface area (Å²) in [5.41, 5.74) is -0.0672. The maximum atomic E-state index is 11.0. The summed E-state index contributed by atoms with van der Waals surface area (Å²) in [6.45, 7) is 3.18. The summed E-state index contributed by atoms with van der Waals surface area (Å²) >= 11 is 0. The Hall–Kier alpha value is -1.85. The van der Waals surface area contributed by atoms with E-state index in [9.17, 15) is 10.1 Å². The first-order chi connectivity index (χ1) is 9.70. The van der Waals surface area contributed by atoms with E-state index >= 15 is 0 Å². The molecule has 1 aliphatic carbocycles. The first kappa shape index (κ1) is 14.6. The second kappa shape index (κ2) is 7.07. The molecule has 0 unspecified atom stereocenters. The number of nitrogens with one attached hydrogen (secondary N) is 1. The zero-order valence-electron chi connectivity index (χ0n) is 11.8. The van der Waals surface area contributed by atoms with Crippen molar-refractivity contribution in [1.29, 1.82) is 0 Å². The van der Waals surface area contributed by atoms with E-state index in [0.29, 0.717) is 24.9 Å². The SMILES string of the molecule is CCNc1ccc([N+](=O)[O-])c(OCC2CCCCC2)n1. The molecule has 0 bridgehead atoms. The van der Waals surface area contributed by atoms with Gasteiger partial charge in [-0.25, -0.2) is 0 Å². The number of aromatic nitrogens is 1. The van der Waals surface area contributed by atoms with Gasteiger partial charge >= 0.3 is 5.69 Å². The third-order valence-electron chi connectivity index (χ3n) is 3.58. The minimum atomic E-state index is -0.446. The Morgan fingerprint density at radius 1 is 1.40 bits per heavy atom. The Balaban J connectivity index is 2.06. The number of hydrogen-bond acceptors (Lipinski definition) is 5. The van der Waals surface area contributed by atoms with Gasteiger partial charge in [-0.3, -0.25) is 10.1 Å². The van der Waals surface area contributed by atoms with Gasteiger partial charge in [0.05, 0.1) is 11.5 Å². The molecule has 0 amide bonds. The summed E-state index contributed by atoms with van der Waals surface area (Å²) in [7, 11) is 0. The van der Waals surface area contributed by atoms with Gasteiger partial charge in [0.25, 0.3) is 5.88 Å². The lowest BCUT2D eigenvalue weighted by Crippen LogP contribution is -2.16. The maximum Gasteiger partial charge on any atom is 0.331 e. The lowest BCUT2D eigenvalue weighted by molar-refractivity contribution is -0.386. The number of nitrogens with zero attached hydrogens (tertiary/aromatic N) is 2. The van der Waals surface area contributed by atoms with Gasteiger partial charge in [0, 0.05) is 12.6 Å². The number of anilines is 1.